The number of hydrazone groups is 1. The lowest BCUT2D eigenvalue weighted by molar-refractivity contribution is -0.114. The number of amides is 1. The molecule has 1 aliphatic heterocycles. The molecule has 0 spiro atoms. The maximum Gasteiger partial charge on any atom is 0.494 e. The van der Waals surface area contributed by atoms with Crippen LogP contribution in [0.5, 0.6) is 0 Å². The summed E-state index contributed by atoms with van der Waals surface area (Å²) in [7, 11) is -0.520. The Kier molecular flexibility index (Phi) is 7.11. The molecule has 1 amide bonds. The van der Waals surface area contributed by atoms with Crippen LogP contribution in [0.25, 0.3) is 0 Å². The van der Waals surface area contributed by atoms with Crippen molar-refractivity contribution in [2.45, 2.75) is 78.4 Å². The number of aliphatic hydroxyl groups is 1. The summed E-state index contributed by atoms with van der Waals surface area (Å²) in [5.41, 5.74) is 1.06. The fraction of sp³-hybridized carbons (Fsp3) is 0.571. The maximum atomic E-state index is 12.4. The Balaban J connectivity index is 2.11. The third kappa shape index (κ3) is 5.68. The van der Waals surface area contributed by atoms with E-state index in [4.69, 9.17) is 15.2 Å². The highest BCUT2D eigenvalue weighted by molar-refractivity contribution is 6.62. The van der Waals surface area contributed by atoms with E-state index in [1.54, 1.807) is 0 Å². The molecule has 9 heteroatoms. The Bertz CT molecular complexity index is 828. The van der Waals surface area contributed by atoms with E-state index < -0.39 is 24.2 Å². The number of aliphatic imine (C=N–C) groups is 1. The normalized spacial score (nSPS) is 18.8. The monoisotopic (exact) mass is 416 g/mol. The standard InChI is InChI=1S/C21H33BN4O4/c1-19(2,3)25-12-17(26-23)18(28)24-11-14-8-9-16(10-15(14)13-27)22-29-20(4,5)21(6,7)30-22/h8-10,12,27H,11,13,23H2,1-7H3,(H,24,28)/b25-12?,26-17+. The van der Waals surface area contributed by atoms with Gasteiger partial charge in [0, 0.05) is 6.54 Å². The minimum absolute atomic E-state index is 0.0318. The Hall–Kier alpha value is -2.23. The fourth-order valence-electron chi connectivity index (χ4n) is 2.76. The van der Waals surface area contributed by atoms with Crippen LogP contribution in [0.15, 0.2) is 28.3 Å². The van der Waals surface area contributed by atoms with Gasteiger partial charge in [0.25, 0.3) is 5.91 Å². The average molecular weight is 416 g/mol. The van der Waals surface area contributed by atoms with Gasteiger partial charge in [-0.1, -0.05) is 18.2 Å². The number of nitrogens with two attached hydrogens (primary N) is 1. The number of nitrogens with zero attached hydrogens (tertiary/aromatic N) is 2. The summed E-state index contributed by atoms with van der Waals surface area (Å²) in [6.45, 7) is 13.7. The summed E-state index contributed by atoms with van der Waals surface area (Å²) in [5, 5.41) is 16.1. The lowest BCUT2D eigenvalue weighted by Crippen LogP contribution is -2.41. The third-order valence-corrected chi connectivity index (χ3v) is 5.31. The predicted molar refractivity (Wildman–Crippen MR) is 120 cm³/mol. The molecule has 0 aliphatic carbocycles. The van der Waals surface area contributed by atoms with Gasteiger partial charge in [0.15, 0.2) is 5.71 Å². The van der Waals surface area contributed by atoms with Crippen LogP contribution in [0.3, 0.4) is 0 Å². The second-order valence-corrected chi connectivity index (χ2v) is 9.40. The van der Waals surface area contributed by atoms with Gasteiger partial charge in [0.05, 0.1) is 29.6 Å². The fourth-order valence-corrected chi connectivity index (χ4v) is 2.76. The van der Waals surface area contributed by atoms with Crippen molar-refractivity contribution in [1.29, 1.82) is 0 Å². The highest BCUT2D eigenvalue weighted by Crippen LogP contribution is 2.36. The molecule has 2 rings (SSSR count). The predicted octanol–water partition coefficient (Wildman–Crippen LogP) is 1.28. The van der Waals surface area contributed by atoms with E-state index in [1.807, 2.05) is 66.7 Å². The van der Waals surface area contributed by atoms with Crippen LogP contribution >= 0.6 is 0 Å². The van der Waals surface area contributed by atoms with E-state index in [1.165, 1.54) is 6.21 Å². The van der Waals surface area contributed by atoms with Crippen molar-refractivity contribution in [1.82, 2.24) is 5.32 Å². The van der Waals surface area contributed by atoms with Gasteiger partial charge in [-0.2, -0.15) is 5.10 Å². The number of nitrogens with one attached hydrogen (secondary N) is 1. The van der Waals surface area contributed by atoms with Crippen LogP contribution in [0.4, 0.5) is 0 Å². The first-order chi connectivity index (χ1) is 13.8. The van der Waals surface area contributed by atoms with Crippen molar-refractivity contribution < 1.29 is 19.2 Å². The molecule has 1 heterocycles. The first-order valence-electron chi connectivity index (χ1n) is 9.99. The SMILES string of the molecule is CC(C)(C)N=C/C(=N\N)C(=O)NCc1ccc(B2OC(C)(C)C(C)(C)O2)cc1CO. The Morgan fingerprint density at radius 3 is 2.30 bits per heavy atom. The van der Waals surface area contributed by atoms with Crippen molar-refractivity contribution in [3.8, 4) is 0 Å². The lowest BCUT2D eigenvalue weighted by Gasteiger charge is -2.32. The molecule has 30 heavy (non-hydrogen) atoms. The molecule has 1 aliphatic rings. The van der Waals surface area contributed by atoms with E-state index in [0.717, 1.165) is 11.0 Å². The second kappa shape index (κ2) is 8.87. The minimum atomic E-state index is -0.520. The smallest absolute Gasteiger partial charge is 0.399 e. The molecular weight excluding hydrogens is 383 g/mol. The summed E-state index contributed by atoms with van der Waals surface area (Å²) in [6.07, 6.45) is 1.36. The molecule has 8 nitrogen and oxygen atoms in total. The van der Waals surface area contributed by atoms with Gasteiger partial charge in [0.1, 0.15) is 0 Å². The van der Waals surface area contributed by atoms with Gasteiger partial charge >= 0.3 is 7.12 Å². The first kappa shape index (κ1) is 24.0. The topological polar surface area (TPSA) is 119 Å². The van der Waals surface area contributed by atoms with Crippen LogP contribution in [0.2, 0.25) is 0 Å². The molecule has 0 saturated carbocycles. The van der Waals surface area contributed by atoms with Gasteiger partial charge in [-0.05, 0) is 65.1 Å². The highest BCUT2D eigenvalue weighted by Gasteiger charge is 2.51. The molecule has 1 saturated heterocycles. The summed E-state index contributed by atoms with van der Waals surface area (Å²) in [5.74, 6) is 4.89. The van der Waals surface area contributed by atoms with Crippen molar-refractivity contribution in [2.24, 2.45) is 15.9 Å². The van der Waals surface area contributed by atoms with Crippen LogP contribution in [-0.4, -0.2) is 46.8 Å². The number of aliphatic hydroxyl groups excluding tert-OH is 1. The van der Waals surface area contributed by atoms with E-state index >= 15 is 0 Å². The number of rotatable bonds is 6. The zero-order valence-electron chi connectivity index (χ0n) is 18.9. The van der Waals surface area contributed by atoms with E-state index in [9.17, 15) is 9.90 Å². The Morgan fingerprint density at radius 2 is 1.80 bits per heavy atom. The summed E-state index contributed by atoms with van der Waals surface area (Å²) >= 11 is 0. The molecule has 1 aromatic carbocycles. The quantitative estimate of drug-likeness (QED) is 0.279. The lowest BCUT2D eigenvalue weighted by atomic mass is 9.77. The maximum absolute atomic E-state index is 12.4. The van der Waals surface area contributed by atoms with Crippen molar-refractivity contribution in [3.05, 3.63) is 29.3 Å². The van der Waals surface area contributed by atoms with Crippen LogP contribution in [0.1, 0.15) is 59.6 Å². The van der Waals surface area contributed by atoms with Crippen molar-refractivity contribution >= 4 is 30.4 Å². The molecule has 1 aromatic rings. The highest BCUT2D eigenvalue weighted by atomic mass is 16.7. The molecule has 164 valence electrons. The van der Waals surface area contributed by atoms with Crippen LogP contribution in [0, 0.1) is 0 Å². The molecule has 0 bridgehead atoms. The minimum Gasteiger partial charge on any atom is -0.399 e. The van der Waals surface area contributed by atoms with Gasteiger partial charge in [-0.3, -0.25) is 9.79 Å². The van der Waals surface area contributed by atoms with Gasteiger partial charge in [-0.25, -0.2) is 0 Å². The van der Waals surface area contributed by atoms with Gasteiger partial charge in [-0.15, -0.1) is 0 Å². The number of hydrogen-bond acceptors (Lipinski definition) is 7. The van der Waals surface area contributed by atoms with Crippen molar-refractivity contribution in [3.63, 3.8) is 0 Å². The molecular formula is C21H33BN4O4. The summed E-state index contributed by atoms with van der Waals surface area (Å²) in [6, 6.07) is 5.55. The number of carbonyl (C=O) groups excluding carboxylic acids is 1. The molecule has 0 aromatic heterocycles. The van der Waals surface area contributed by atoms with E-state index in [2.05, 4.69) is 15.4 Å². The Labute approximate surface area is 179 Å². The Morgan fingerprint density at radius 1 is 1.20 bits per heavy atom. The van der Waals surface area contributed by atoms with Crippen molar-refractivity contribution in [2.75, 3.05) is 0 Å². The number of benzene rings is 1. The zero-order chi connectivity index (χ0) is 22.7. The summed E-state index contributed by atoms with van der Waals surface area (Å²) < 4.78 is 12.1. The molecule has 0 unspecified atom stereocenters. The number of hydrogen-bond donors (Lipinski definition) is 3. The molecule has 0 atom stereocenters. The average Bonchev–Trinajstić information content (AvgIpc) is 2.86. The zero-order valence-corrected chi connectivity index (χ0v) is 18.9. The summed E-state index contributed by atoms with van der Waals surface area (Å²) in [4.78, 5) is 16.6. The van der Waals surface area contributed by atoms with E-state index in [-0.39, 0.29) is 24.4 Å². The first-order valence-corrected chi connectivity index (χ1v) is 9.99. The molecule has 4 N–H and O–H groups in total. The largest absolute Gasteiger partial charge is 0.494 e. The molecule has 1 fully saturated rings. The molecule has 0 radical (unpaired) electrons. The van der Waals surface area contributed by atoms with Crippen LogP contribution in [-0.2, 0) is 27.3 Å². The van der Waals surface area contributed by atoms with Gasteiger partial charge < -0.3 is 25.6 Å². The second-order valence-electron chi connectivity index (χ2n) is 9.40. The number of carbonyl (C=O) groups is 1. The van der Waals surface area contributed by atoms with Gasteiger partial charge in [0.2, 0.25) is 0 Å². The third-order valence-electron chi connectivity index (χ3n) is 5.31. The van der Waals surface area contributed by atoms with Crippen LogP contribution < -0.4 is 16.6 Å². The van der Waals surface area contributed by atoms with E-state index in [0.29, 0.717) is 5.56 Å².